The van der Waals surface area contributed by atoms with Crippen LogP contribution >= 0.6 is 11.8 Å². The van der Waals surface area contributed by atoms with Crippen molar-refractivity contribution in [2.24, 2.45) is 0 Å². The molecule has 0 bridgehead atoms. The molecule has 7 aromatic carbocycles. The Hall–Kier alpha value is -7.49. The zero-order chi connectivity index (χ0) is 55.2. The van der Waals surface area contributed by atoms with Crippen LogP contribution in [0.1, 0.15) is 99.6 Å². The fourth-order valence-electron chi connectivity index (χ4n) is 13.0. The van der Waals surface area contributed by atoms with Gasteiger partial charge in [0.1, 0.15) is 18.1 Å². The molecule has 11 rings (SSSR count). The summed E-state index contributed by atoms with van der Waals surface area (Å²) in [7, 11) is 0. The molecular formula is C70H76N5O3S+. The van der Waals surface area contributed by atoms with Crippen LogP contribution in [0.4, 0.5) is 34.1 Å². The molecule has 0 spiro atoms. The molecule has 0 N–H and O–H groups in total. The van der Waals surface area contributed by atoms with Crippen molar-refractivity contribution in [3.8, 4) is 17.2 Å². The van der Waals surface area contributed by atoms with Gasteiger partial charge in [-0.15, -0.1) is 11.8 Å². The number of fused-ring (bicyclic) bond motifs is 8. The first kappa shape index (κ1) is 53.5. The highest BCUT2D eigenvalue weighted by atomic mass is 32.2. The van der Waals surface area contributed by atoms with Crippen molar-refractivity contribution in [3.63, 3.8) is 0 Å². The third kappa shape index (κ3) is 9.62. The number of allylic oxidation sites excluding steroid dienone is 7. The van der Waals surface area contributed by atoms with E-state index in [9.17, 15) is 4.79 Å². The molecule has 3 aliphatic heterocycles. The largest absolute Gasteiger partial charge is 0.457 e. The molecule has 0 atom stereocenters. The van der Waals surface area contributed by atoms with E-state index >= 15 is 0 Å². The Morgan fingerprint density at radius 3 is 1.86 bits per heavy atom. The van der Waals surface area contributed by atoms with Crippen molar-refractivity contribution >= 4 is 79.0 Å². The van der Waals surface area contributed by atoms with Crippen LogP contribution in [0.5, 0.6) is 17.2 Å². The number of benzene rings is 7. The minimum atomic E-state index is -0.216. The Balaban J connectivity index is 0.916. The normalized spacial score (nSPS) is 17.2. The lowest BCUT2D eigenvalue weighted by molar-refractivity contribution is -0.433. The molecule has 0 saturated carbocycles. The fourth-order valence-corrected chi connectivity index (χ4v) is 13.8. The quantitative estimate of drug-likeness (QED) is 0.0706. The van der Waals surface area contributed by atoms with Gasteiger partial charge in [0.05, 0.1) is 22.5 Å². The smallest absolute Gasteiger partial charge is 0.242 e. The second-order valence-corrected chi connectivity index (χ2v) is 23.2. The Bertz CT molecular complexity index is 3610. The lowest BCUT2D eigenvalue weighted by atomic mass is 9.78. The summed E-state index contributed by atoms with van der Waals surface area (Å²) in [5, 5.41) is 5.17. The molecule has 1 amide bonds. The lowest BCUT2D eigenvalue weighted by Gasteiger charge is -2.33. The van der Waals surface area contributed by atoms with E-state index in [2.05, 4.69) is 234 Å². The molecule has 7 aromatic rings. The van der Waals surface area contributed by atoms with Crippen LogP contribution < -0.4 is 29.1 Å². The Morgan fingerprint density at radius 1 is 0.658 bits per heavy atom. The highest BCUT2D eigenvalue weighted by Crippen LogP contribution is 2.52. The maximum Gasteiger partial charge on any atom is 0.242 e. The number of carbonyl (C=O) groups excluding carboxylic acids is 1. The van der Waals surface area contributed by atoms with Gasteiger partial charge >= 0.3 is 0 Å². The lowest BCUT2D eigenvalue weighted by Crippen LogP contribution is -2.31. The highest BCUT2D eigenvalue weighted by Gasteiger charge is 2.45. The van der Waals surface area contributed by atoms with Gasteiger partial charge in [0.2, 0.25) is 11.6 Å². The van der Waals surface area contributed by atoms with Crippen molar-refractivity contribution in [2.45, 2.75) is 104 Å². The number of hydrogen-bond acceptors (Lipinski definition) is 7. The zero-order valence-electron chi connectivity index (χ0n) is 48.0. The summed E-state index contributed by atoms with van der Waals surface area (Å²) in [6.07, 6.45) is 12.2. The SMILES string of the molecule is CCN(CC)c1ccc2c(c1)Oc1cc(N(CC)CC)ccc1N2C(=O)CSc1ccc(OC2=C(/C=C/C3=[N+](CC)c4ccc5ccccc5c4C3(C)C)CCC/C2=C\C=C2\N(CC)c3ccc4ccccc4c3C2(C)C)cc1. The number of ether oxygens (including phenoxy) is 2. The van der Waals surface area contributed by atoms with Crippen LogP contribution in [0, 0.1) is 0 Å². The monoisotopic (exact) mass is 1070 g/mol. The maximum absolute atomic E-state index is 14.7. The van der Waals surface area contributed by atoms with Crippen molar-refractivity contribution in [2.75, 3.05) is 64.6 Å². The van der Waals surface area contributed by atoms with Gasteiger partial charge in [0, 0.05) is 95.6 Å². The van der Waals surface area contributed by atoms with Crippen LogP contribution in [-0.4, -0.2) is 61.2 Å². The number of nitrogens with zero attached hydrogens (tertiary/aromatic N) is 5. The highest BCUT2D eigenvalue weighted by molar-refractivity contribution is 8.00. The van der Waals surface area contributed by atoms with Gasteiger partial charge in [0.15, 0.2) is 17.2 Å². The van der Waals surface area contributed by atoms with E-state index in [1.54, 1.807) is 0 Å². The summed E-state index contributed by atoms with van der Waals surface area (Å²) in [5.41, 5.74) is 13.5. The average Bonchev–Trinajstić information content (AvgIpc) is 4.06. The van der Waals surface area contributed by atoms with Gasteiger partial charge < -0.3 is 24.2 Å². The van der Waals surface area contributed by atoms with E-state index in [0.717, 1.165) is 97.7 Å². The van der Waals surface area contributed by atoms with E-state index in [-0.39, 0.29) is 22.5 Å². The van der Waals surface area contributed by atoms with Gasteiger partial charge in [-0.3, -0.25) is 9.69 Å². The molecule has 0 fully saturated rings. The van der Waals surface area contributed by atoms with E-state index in [1.807, 2.05) is 17.0 Å². The van der Waals surface area contributed by atoms with E-state index in [1.165, 1.54) is 78.4 Å². The maximum atomic E-state index is 14.7. The Morgan fingerprint density at radius 2 is 1.25 bits per heavy atom. The van der Waals surface area contributed by atoms with Crippen LogP contribution in [0.3, 0.4) is 0 Å². The van der Waals surface area contributed by atoms with Crippen LogP contribution in [0.2, 0.25) is 0 Å². The predicted octanol–water partition coefficient (Wildman–Crippen LogP) is 17.3. The number of thioether (sulfide) groups is 1. The minimum absolute atomic E-state index is 0.0143. The second-order valence-electron chi connectivity index (χ2n) is 22.1. The number of amides is 1. The molecule has 79 heavy (non-hydrogen) atoms. The molecule has 8 nitrogen and oxygen atoms in total. The minimum Gasteiger partial charge on any atom is -0.457 e. The van der Waals surface area contributed by atoms with Crippen molar-refractivity contribution < 1.29 is 18.8 Å². The van der Waals surface area contributed by atoms with Gasteiger partial charge in [-0.25, -0.2) is 0 Å². The van der Waals surface area contributed by atoms with Gasteiger partial charge in [-0.1, -0.05) is 74.5 Å². The molecule has 3 heterocycles. The molecular weight excluding hydrogens is 991 g/mol. The van der Waals surface area contributed by atoms with Crippen molar-refractivity contribution in [1.29, 1.82) is 0 Å². The summed E-state index contributed by atoms with van der Waals surface area (Å²) in [6.45, 7) is 27.9. The van der Waals surface area contributed by atoms with Crippen molar-refractivity contribution in [1.82, 2.24) is 0 Å². The van der Waals surface area contributed by atoms with E-state index < -0.39 is 0 Å². The van der Waals surface area contributed by atoms with E-state index in [4.69, 9.17) is 9.47 Å². The topological polar surface area (TPSA) is 51.5 Å². The van der Waals surface area contributed by atoms with E-state index in [0.29, 0.717) is 11.5 Å². The summed E-state index contributed by atoms with van der Waals surface area (Å²) in [4.78, 5) is 24.6. The van der Waals surface area contributed by atoms with Crippen LogP contribution in [-0.2, 0) is 15.6 Å². The molecule has 0 aromatic heterocycles. The molecule has 0 unspecified atom stereocenters. The van der Waals surface area contributed by atoms with Gasteiger partial charge in [-0.2, -0.15) is 4.58 Å². The second kappa shape index (κ2) is 22.0. The molecule has 0 radical (unpaired) electrons. The molecule has 404 valence electrons. The third-order valence-electron chi connectivity index (χ3n) is 17.0. The summed E-state index contributed by atoms with van der Waals surface area (Å²) < 4.78 is 16.3. The Kier molecular flexibility index (Phi) is 14.9. The standard InChI is InChI=1S/C70H76N5O3S/c1-11-71(12-2)51-32-40-57-61(44-51)78-62-45-52(72(13-3)14-4)33-41-58(62)75(57)65(76)46-79-54-36-34-53(35-37-54)77-68-49(30-42-63-69(7,8)66-55-26-19-17-22-47(55)28-38-59(66)73(63)15-5)24-21-25-50(68)31-43-64-70(9,10)67-56-27-20-18-23-48(56)29-39-60(67)74(64)16-6/h17-20,22-23,26-45H,11-16,21,24-25,46H2,1-10H3/q+1. The fraction of sp³-hybridized carbons (Fsp3) is 0.314. The van der Waals surface area contributed by atoms with Crippen LogP contribution in [0.25, 0.3) is 21.5 Å². The number of rotatable bonds is 16. The summed E-state index contributed by atoms with van der Waals surface area (Å²) >= 11 is 1.54. The van der Waals surface area contributed by atoms with Gasteiger partial charge in [0.25, 0.3) is 0 Å². The Labute approximate surface area is 473 Å². The zero-order valence-corrected chi connectivity index (χ0v) is 48.8. The van der Waals surface area contributed by atoms with Crippen LogP contribution in [0.15, 0.2) is 185 Å². The summed E-state index contributed by atoms with van der Waals surface area (Å²) in [6, 6.07) is 47.4. The molecule has 0 saturated heterocycles. The predicted molar refractivity (Wildman–Crippen MR) is 334 cm³/mol. The molecule has 9 heteroatoms. The summed E-state index contributed by atoms with van der Waals surface area (Å²) in [5.74, 6) is 3.27. The van der Waals surface area contributed by atoms with Crippen molar-refractivity contribution in [3.05, 3.63) is 191 Å². The van der Waals surface area contributed by atoms with Gasteiger partial charge in [-0.05, 0) is 186 Å². The molecule has 1 aliphatic carbocycles. The number of carbonyl (C=O) groups is 1. The first-order chi connectivity index (χ1) is 38.3. The number of anilines is 5. The number of hydrogen-bond donors (Lipinski definition) is 0. The molecule has 4 aliphatic rings. The third-order valence-corrected chi connectivity index (χ3v) is 18.0. The number of likely N-dealkylation sites (N-methyl/N-ethyl adjacent to an activating group) is 1. The first-order valence-electron chi connectivity index (χ1n) is 28.8. The average molecular weight is 1070 g/mol. The first-order valence-corrected chi connectivity index (χ1v) is 29.8.